The maximum absolute atomic E-state index is 6.50. The maximum atomic E-state index is 6.50. The SMILES string of the molecule is C#N.C#N.C#N.C#N.C#N.C#N.F.[F].[Fe]. The van der Waals surface area contributed by atoms with Crippen molar-refractivity contribution >= 4 is 0 Å². The molecule has 0 spiro atoms. The zero-order valence-electron chi connectivity index (χ0n) is 7.29. The molecule has 0 bridgehead atoms. The topological polar surface area (TPSA) is 143 Å². The number of hydrogen-bond acceptors (Lipinski definition) is 6. The number of halogens is 2. The standard InChI is InChI=1S/6CHN.FH.F.Fe/c6*1-2;;;/h6*1H;1H;;. The molecule has 0 aromatic carbocycles. The largest absolute Gasteiger partial charge is 0.269 e. The molecule has 0 saturated heterocycles. The van der Waals surface area contributed by atoms with Crippen LogP contribution in [0.4, 0.5) is 9.41 Å². The zero-order valence-corrected chi connectivity index (χ0v) is 8.39. The first-order valence-corrected chi connectivity index (χ1v) is 1.55. The van der Waals surface area contributed by atoms with E-state index >= 15 is 0 Å². The van der Waals surface area contributed by atoms with Gasteiger partial charge in [0.05, 0.1) is 0 Å². The Balaban J connectivity index is -0.00000000396. The van der Waals surface area contributed by atoms with E-state index in [9.17, 15) is 0 Å². The Morgan fingerprint density at radius 2 is 0.400 bits per heavy atom. The van der Waals surface area contributed by atoms with Crippen molar-refractivity contribution < 1.29 is 26.5 Å². The fraction of sp³-hybridized carbons (Fsp3) is 0. The summed E-state index contributed by atoms with van der Waals surface area (Å²) in [5.74, 6) is 0. The number of nitriles is 6. The van der Waals surface area contributed by atoms with Crippen LogP contribution in [0.2, 0.25) is 0 Å². The molecule has 0 atom stereocenters. The van der Waals surface area contributed by atoms with Gasteiger partial charge in [-0.3, -0.25) is 4.70 Å². The summed E-state index contributed by atoms with van der Waals surface area (Å²) in [6.45, 7) is 21.0. The average Bonchev–Trinajstić information content (AvgIpc) is 2.33. The van der Waals surface area contributed by atoms with Gasteiger partial charge in [-0.1, -0.05) is 0 Å². The predicted molar refractivity (Wildman–Crippen MR) is 43.6 cm³/mol. The molecule has 0 heterocycles. The van der Waals surface area contributed by atoms with Gasteiger partial charge in [0.25, 0.3) is 0 Å². The first kappa shape index (κ1) is 143. The third kappa shape index (κ3) is 137. The summed E-state index contributed by atoms with van der Waals surface area (Å²) in [5.41, 5.74) is 0. The maximum Gasteiger partial charge on any atom is 0.0462 e. The summed E-state index contributed by atoms with van der Waals surface area (Å²) in [4.78, 5) is 0. The minimum atomic E-state index is 0. The van der Waals surface area contributed by atoms with Crippen molar-refractivity contribution in [3.05, 3.63) is 0 Å². The molecular weight excluding hydrogens is 250 g/mol. The van der Waals surface area contributed by atoms with Crippen LogP contribution in [0.25, 0.3) is 0 Å². The van der Waals surface area contributed by atoms with E-state index in [1.165, 1.54) is 0 Å². The molecule has 0 fully saturated rings. The molecule has 6 nitrogen and oxygen atoms in total. The predicted octanol–water partition coefficient (Wildman–Crippen LogP) is 1.41. The van der Waals surface area contributed by atoms with Crippen LogP contribution in [0.5, 0.6) is 0 Å². The Hall–Kier alpha value is -2.68. The van der Waals surface area contributed by atoms with Gasteiger partial charge in [0.2, 0.25) is 0 Å². The van der Waals surface area contributed by atoms with E-state index in [-0.39, 0.29) is 26.5 Å². The van der Waals surface area contributed by atoms with E-state index in [4.69, 9.17) is 31.6 Å². The summed E-state index contributed by atoms with van der Waals surface area (Å²) in [7, 11) is 0. The molecule has 0 unspecified atom stereocenters. The van der Waals surface area contributed by atoms with Crippen molar-refractivity contribution in [1.29, 1.82) is 31.6 Å². The minimum Gasteiger partial charge on any atom is -0.269 e. The Morgan fingerprint density at radius 3 is 0.400 bits per heavy atom. The molecule has 0 aromatic heterocycles. The molecule has 0 aromatic rings. The Kier molecular flexibility index (Phi) is 1600. The van der Waals surface area contributed by atoms with Crippen LogP contribution in [-0.4, -0.2) is 0 Å². The van der Waals surface area contributed by atoms with Gasteiger partial charge >= 0.3 is 0 Å². The Labute approximate surface area is 98.0 Å². The normalized spacial score (nSPS) is 0.800. The van der Waals surface area contributed by atoms with E-state index in [2.05, 4.69) is 39.4 Å². The quantitative estimate of drug-likeness (QED) is 0.600. The van der Waals surface area contributed by atoms with E-state index < -0.39 is 0 Å². The van der Waals surface area contributed by atoms with Gasteiger partial charge in [-0.2, -0.15) is 0 Å². The number of nitrogens with zero attached hydrogens (tertiary/aromatic N) is 6. The van der Waals surface area contributed by atoms with Crippen LogP contribution in [0.15, 0.2) is 0 Å². The summed E-state index contributed by atoms with van der Waals surface area (Å²) >= 11 is 0. The van der Waals surface area contributed by atoms with Crippen LogP contribution in [0.3, 0.4) is 0 Å². The molecule has 0 rings (SSSR count). The van der Waals surface area contributed by atoms with Crippen LogP contribution in [0, 0.1) is 71.0 Å². The molecule has 15 heavy (non-hydrogen) atoms. The molecule has 0 amide bonds. The van der Waals surface area contributed by atoms with Gasteiger partial charge in [0.1, 0.15) is 0 Å². The fourth-order valence-electron chi connectivity index (χ4n) is 0. The molecule has 0 aliphatic carbocycles. The Bertz CT molecular complexity index is 101. The summed E-state index contributed by atoms with van der Waals surface area (Å²) in [6, 6.07) is 0. The molecule has 1 radical (unpaired) electrons. The number of rotatable bonds is 0. The number of hydrogen-bond donors (Lipinski definition) is 0. The van der Waals surface area contributed by atoms with Crippen LogP contribution in [0.1, 0.15) is 0 Å². The molecule has 9 heteroatoms. The minimum absolute atomic E-state index is 0. The van der Waals surface area contributed by atoms with Gasteiger partial charge < -0.3 is 0 Å². The molecule has 83 valence electrons. The summed E-state index contributed by atoms with van der Waals surface area (Å²) < 4.78 is 0. The molecular formula is C6H7F2FeN6. The second-order valence-electron chi connectivity index (χ2n) is 0. The van der Waals surface area contributed by atoms with Crippen molar-refractivity contribution in [2.24, 2.45) is 0 Å². The van der Waals surface area contributed by atoms with E-state index in [0.717, 1.165) is 0 Å². The van der Waals surface area contributed by atoms with E-state index in [1.807, 2.05) is 0 Å². The molecule has 0 aliphatic rings. The monoisotopic (exact) mass is 257 g/mol. The van der Waals surface area contributed by atoms with Crippen molar-refractivity contribution in [2.75, 3.05) is 0 Å². The summed E-state index contributed by atoms with van der Waals surface area (Å²) in [6.07, 6.45) is 0. The van der Waals surface area contributed by atoms with Gasteiger partial charge in [-0.15, -0.1) is 0 Å². The van der Waals surface area contributed by atoms with Crippen molar-refractivity contribution in [3.63, 3.8) is 0 Å². The van der Waals surface area contributed by atoms with Crippen molar-refractivity contribution in [2.45, 2.75) is 0 Å². The molecule has 0 saturated carbocycles. The fourth-order valence-corrected chi connectivity index (χ4v) is 0. The van der Waals surface area contributed by atoms with Crippen LogP contribution >= 0.6 is 0 Å². The van der Waals surface area contributed by atoms with Crippen molar-refractivity contribution in [3.8, 4) is 39.4 Å². The van der Waals surface area contributed by atoms with Crippen LogP contribution in [-0.2, 0) is 17.1 Å². The van der Waals surface area contributed by atoms with Gasteiger partial charge in [0, 0.05) is 61.2 Å². The third-order valence-electron chi connectivity index (χ3n) is 0. The average molecular weight is 257 g/mol. The third-order valence-corrected chi connectivity index (χ3v) is 0. The van der Waals surface area contributed by atoms with Crippen LogP contribution < -0.4 is 0 Å². The second kappa shape index (κ2) is 168. The first-order chi connectivity index (χ1) is 6.00. The first-order valence-electron chi connectivity index (χ1n) is 1.55. The van der Waals surface area contributed by atoms with Crippen molar-refractivity contribution in [1.82, 2.24) is 0 Å². The smallest absolute Gasteiger partial charge is 0.0462 e. The zero-order chi connectivity index (χ0) is 12.0. The second-order valence-corrected chi connectivity index (χ2v) is 0. The Morgan fingerprint density at radius 1 is 0.400 bits per heavy atom. The van der Waals surface area contributed by atoms with Gasteiger partial charge in [-0.05, 0) is 0 Å². The summed E-state index contributed by atoms with van der Waals surface area (Å²) in [5, 5.41) is 39.0. The van der Waals surface area contributed by atoms with E-state index in [1.54, 1.807) is 0 Å². The molecule has 0 N–H and O–H groups in total. The van der Waals surface area contributed by atoms with E-state index in [0.29, 0.717) is 0 Å². The van der Waals surface area contributed by atoms with Gasteiger partial charge in [0.15, 0.2) is 0 Å². The molecule has 0 aliphatic heterocycles. The van der Waals surface area contributed by atoms with Gasteiger partial charge in [-0.25, -0.2) is 31.6 Å².